The standard InChI is InChI=1S/C14H21N3O3/c1-10(8-15-2)14(19)17-12-6-4-5-11(7-12)16-13(18)9-20-3/h4-7,10,15H,8-9H2,1-3H3,(H,16,18)(H,17,19). The maximum atomic E-state index is 11.9. The van der Waals surface area contributed by atoms with Crippen LogP contribution in [0.4, 0.5) is 11.4 Å². The predicted molar refractivity (Wildman–Crippen MR) is 78.7 cm³/mol. The molecule has 0 heterocycles. The molecule has 1 atom stereocenters. The molecule has 1 rings (SSSR count). The molecule has 0 saturated carbocycles. The monoisotopic (exact) mass is 279 g/mol. The number of carbonyl (C=O) groups excluding carboxylic acids is 2. The third kappa shape index (κ3) is 5.38. The van der Waals surface area contributed by atoms with Crippen molar-refractivity contribution in [1.29, 1.82) is 0 Å². The molecule has 0 bridgehead atoms. The highest BCUT2D eigenvalue weighted by molar-refractivity contribution is 5.95. The smallest absolute Gasteiger partial charge is 0.250 e. The SMILES string of the molecule is CNCC(C)C(=O)Nc1cccc(NC(=O)COC)c1. The summed E-state index contributed by atoms with van der Waals surface area (Å²) in [6, 6.07) is 6.99. The van der Waals surface area contributed by atoms with E-state index in [2.05, 4.69) is 16.0 Å². The molecule has 6 heteroatoms. The predicted octanol–water partition coefficient (Wildman–Crippen LogP) is 1.07. The molecule has 0 aliphatic heterocycles. The van der Waals surface area contributed by atoms with E-state index < -0.39 is 0 Å². The van der Waals surface area contributed by atoms with Crippen LogP contribution < -0.4 is 16.0 Å². The van der Waals surface area contributed by atoms with Gasteiger partial charge in [-0.1, -0.05) is 13.0 Å². The molecule has 0 saturated heterocycles. The lowest BCUT2D eigenvalue weighted by Crippen LogP contribution is -2.28. The Morgan fingerprint density at radius 3 is 2.50 bits per heavy atom. The number of amides is 2. The quantitative estimate of drug-likeness (QED) is 0.697. The molecule has 110 valence electrons. The molecular weight excluding hydrogens is 258 g/mol. The molecule has 1 aromatic rings. The van der Waals surface area contributed by atoms with E-state index >= 15 is 0 Å². The van der Waals surface area contributed by atoms with E-state index in [0.717, 1.165) is 0 Å². The van der Waals surface area contributed by atoms with Gasteiger partial charge in [-0.25, -0.2) is 0 Å². The van der Waals surface area contributed by atoms with Crippen LogP contribution >= 0.6 is 0 Å². The number of benzene rings is 1. The Labute approximate surface area is 118 Å². The van der Waals surface area contributed by atoms with Crippen LogP contribution in [0.3, 0.4) is 0 Å². The second-order valence-electron chi connectivity index (χ2n) is 4.51. The Morgan fingerprint density at radius 2 is 1.90 bits per heavy atom. The molecule has 2 amide bonds. The number of methoxy groups -OCH3 is 1. The zero-order chi connectivity index (χ0) is 15.0. The van der Waals surface area contributed by atoms with Gasteiger partial charge in [-0.2, -0.15) is 0 Å². The number of rotatable bonds is 7. The molecule has 1 unspecified atom stereocenters. The minimum Gasteiger partial charge on any atom is -0.375 e. The van der Waals surface area contributed by atoms with Gasteiger partial charge in [-0.15, -0.1) is 0 Å². The van der Waals surface area contributed by atoms with Crippen molar-refractivity contribution in [2.24, 2.45) is 5.92 Å². The van der Waals surface area contributed by atoms with Gasteiger partial charge in [0.25, 0.3) is 0 Å². The number of anilines is 2. The third-order valence-corrected chi connectivity index (χ3v) is 2.65. The summed E-state index contributed by atoms with van der Waals surface area (Å²) in [5.41, 5.74) is 1.26. The summed E-state index contributed by atoms with van der Waals surface area (Å²) in [5.74, 6) is -0.439. The van der Waals surface area contributed by atoms with E-state index in [4.69, 9.17) is 4.74 Å². The summed E-state index contributed by atoms with van der Waals surface area (Å²) >= 11 is 0. The second-order valence-corrected chi connectivity index (χ2v) is 4.51. The normalized spacial score (nSPS) is 11.8. The van der Waals surface area contributed by atoms with Crippen molar-refractivity contribution in [1.82, 2.24) is 5.32 Å². The molecule has 20 heavy (non-hydrogen) atoms. The zero-order valence-electron chi connectivity index (χ0n) is 12.0. The van der Waals surface area contributed by atoms with E-state index in [1.807, 2.05) is 6.92 Å². The van der Waals surface area contributed by atoms with Crippen molar-refractivity contribution >= 4 is 23.2 Å². The van der Waals surface area contributed by atoms with Crippen LogP contribution in [0.15, 0.2) is 24.3 Å². The van der Waals surface area contributed by atoms with Crippen molar-refractivity contribution in [2.75, 3.05) is 37.9 Å². The van der Waals surface area contributed by atoms with E-state index in [1.165, 1.54) is 7.11 Å². The first-order valence-corrected chi connectivity index (χ1v) is 6.41. The fourth-order valence-corrected chi connectivity index (χ4v) is 1.67. The highest BCUT2D eigenvalue weighted by Crippen LogP contribution is 2.15. The lowest BCUT2D eigenvalue weighted by Gasteiger charge is -2.12. The van der Waals surface area contributed by atoms with Crippen LogP contribution in [-0.2, 0) is 14.3 Å². The van der Waals surface area contributed by atoms with E-state index in [0.29, 0.717) is 17.9 Å². The zero-order valence-corrected chi connectivity index (χ0v) is 12.0. The Hall–Kier alpha value is -1.92. The minimum atomic E-state index is -0.237. The van der Waals surface area contributed by atoms with Gasteiger partial charge in [-0.05, 0) is 25.2 Å². The molecule has 0 aliphatic carbocycles. The lowest BCUT2D eigenvalue weighted by molar-refractivity contribution is -0.120. The van der Waals surface area contributed by atoms with Gasteiger partial charge >= 0.3 is 0 Å². The molecular formula is C14H21N3O3. The maximum absolute atomic E-state index is 11.9. The van der Waals surface area contributed by atoms with Crippen LogP contribution in [0, 0.1) is 5.92 Å². The van der Waals surface area contributed by atoms with Gasteiger partial charge in [-0.3, -0.25) is 9.59 Å². The largest absolute Gasteiger partial charge is 0.375 e. The number of hydrogen-bond acceptors (Lipinski definition) is 4. The average molecular weight is 279 g/mol. The van der Waals surface area contributed by atoms with Crippen molar-refractivity contribution in [2.45, 2.75) is 6.92 Å². The van der Waals surface area contributed by atoms with Crippen molar-refractivity contribution in [3.05, 3.63) is 24.3 Å². The van der Waals surface area contributed by atoms with Crippen molar-refractivity contribution in [3.8, 4) is 0 Å². The van der Waals surface area contributed by atoms with Gasteiger partial charge in [0, 0.05) is 30.9 Å². The molecule has 0 radical (unpaired) electrons. The van der Waals surface area contributed by atoms with E-state index in [-0.39, 0.29) is 24.3 Å². The van der Waals surface area contributed by atoms with Crippen LogP contribution in [0.5, 0.6) is 0 Å². The summed E-state index contributed by atoms with van der Waals surface area (Å²) in [6.07, 6.45) is 0. The van der Waals surface area contributed by atoms with Gasteiger partial charge in [0.2, 0.25) is 11.8 Å². The number of ether oxygens (including phenoxy) is 1. The van der Waals surface area contributed by atoms with Crippen LogP contribution in [0.25, 0.3) is 0 Å². The highest BCUT2D eigenvalue weighted by atomic mass is 16.5. The summed E-state index contributed by atoms with van der Waals surface area (Å²) in [6.45, 7) is 2.45. The first-order valence-electron chi connectivity index (χ1n) is 6.41. The Balaban J connectivity index is 2.63. The average Bonchev–Trinajstić information content (AvgIpc) is 2.39. The number of nitrogens with one attached hydrogen (secondary N) is 3. The summed E-state index contributed by atoms with van der Waals surface area (Å²) in [5, 5.41) is 8.45. The Kier molecular flexibility index (Phi) is 6.69. The van der Waals surface area contributed by atoms with Crippen LogP contribution in [-0.4, -0.2) is 39.1 Å². The van der Waals surface area contributed by atoms with Gasteiger partial charge in [0.1, 0.15) is 6.61 Å². The highest BCUT2D eigenvalue weighted by Gasteiger charge is 2.12. The Morgan fingerprint density at radius 1 is 1.25 bits per heavy atom. The summed E-state index contributed by atoms with van der Waals surface area (Å²) in [4.78, 5) is 23.3. The summed E-state index contributed by atoms with van der Waals surface area (Å²) < 4.78 is 4.74. The third-order valence-electron chi connectivity index (χ3n) is 2.65. The molecule has 0 spiro atoms. The first-order chi connectivity index (χ1) is 9.56. The topological polar surface area (TPSA) is 79.5 Å². The van der Waals surface area contributed by atoms with Crippen LogP contribution in [0.1, 0.15) is 6.92 Å². The van der Waals surface area contributed by atoms with E-state index in [1.54, 1.807) is 31.3 Å². The number of hydrogen-bond donors (Lipinski definition) is 3. The lowest BCUT2D eigenvalue weighted by atomic mass is 10.1. The fourth-order valence-electron chi connectivity index (χ4n) is 1.67. The molecule has 0 fully saturated rings. The molecule has 1 aromatic carbocycles. The molecule has 3 N–H and O–H groups in total. The van der Waals surface area contributed by atoms with Crippen LogP contribution in [0.2, 0.25) is 0 Å². The van der Waals surface area contributed by atoms with Gasteiger partial charge in [0.15, 0.2) is 0 Å². The van der Waals surface area contributed by atoms with Crippen molar-refractivity contribution < 1.29 is 14.3 Å². The summed E-state index contributed by atoms with van der Waals surface area (Å²) in [7, 11) is 3.26. The molecule has 6 nitrogen and oxygen atoms in total. The maximum Gasteiger partial charge on any atom is 0.250 e. The fraction of sp³-hybridized carbons (Fsp3) is 0.429. The van der Waals surface area contributed by atoms with Gasteiger partial charge < -0.3 is 20.7 Å². The van der Waals surface area contributed by atoms with Crippen molar-refractivity contribution in [3.63, 3.8) is 0 Å². The molecule has 0 aliphatic rings. The second kappa shape index (κ2) is 8.29. The Bertz CT molecular complexity index is 463. The molecule has 0 aromatic heterocycles. The first kappa shape index (κ1) is 16.1. The number of carbonyl (C=O) groups is 2. The minimum absolute atomic E-state index is 0.00418. The van der Waals surface area contributed by atoms with Gasteiger partial charge in [0.05, 0.1) is 0 Å². The van der Waals surface area contributed by atoms with E-state index in [9.17, 15) is 9.59 Å².